The lowest BCUT2D eigenvalue weighted by molar-refractivity contribution is -0.0299. The van der Waals surface area contributed by atoms with Gasteiger partial charge in [0.15, 0.2) is 0 Å². The summed E-state index contributed by atoms with van der Waals surface area (Å²) in [5, 5.41) is 0. The van der Waals surface area contributed by atoms with E-state index < -0.39 is 0 Å². The van der Waals surface area contributed by atoms with E-state index >= 15 is 0 Å². The van der Waals surface area contributed by atoms with Crippen LogP contribution in [-0.4, -0.2) is 78.3 Å². The van der Waals surface area contributed by atoms with Crippen LogP contribution in [0.3, 0.4) is 0 Å². The van der Waals surface area contributed by atoms with Gasteiger partial charge in [-0.1, -0.05) is 350 Å². The number of ether oxygens (including phenoxy) is 6. The van der Waals surface area contributed by atoms with E-state index in [9.17, 15) is 0 Å². The van der Waals surface area contributed by atoms with Crippen LogP contribution in [0.2, 0.25) is 0 Å². The zero-order valence-electron chi connectivity index (χ0n) is 85.8. The second-order valence-electron chi connectivity index (χ2n) is 45.3. The van der Waals surface area contributed by atoms with Crippen molar-refractivity contribution < 1.29 is 28.4 Å². The third-order valence-electron chi connectivity index (χ3n) is 32.0. The van der Waals surface area contributed by atoms with Crippen molar-refractivity contribution in [3.8, 4) is 0 Å². The highest BCUT2D eigenvalue weighted by Crippen LogP contribution is 2.45. The SMILES string of the molecule is C.CC(C)C1CCCC1C.CC(C)C1CCCCC1(C)C.CC(C)C1CCCCC1C.CC(C)C1CCCOC1C.CC(C)C1CCOC1C.CC(C)C1CCOCC1C.CCC1CCCCC1C(C)C.CCC1CCCCC1CC(C)C.CCC1COCCC1C(C)C.COC1CCCCC1C(C)C.COC1CCCCC1CC(C)C. The lowest BCUT2D eigenvalue weighted by Crippen LogP contribution is -2.31. The van der Waals surface area contributed by atoms with Crippen molar-refractivity contribution in [3.63, 3.8) is 0 Å². The highest BCUT2D eigenvalue weighted by Gasteiger charge is 2.36. The zero-order valence-corrected chi connectivity index (χ0v) is 85.8. The molecule has 11 aliphatic rings. The van der Waals surface area contributed by atoms with Gasteiger partial charge >= 0.3 is 0 Å². The first-order chi connectivity index (χ1) is 54.8. The summed E-state index contributed by atoms with van der Waals surface area (Å²) in [6, 6.07) is 0. The van der Waals surface area contributed by atoms with E-state index in [4.69, 9.17) is 28.4 Å². The lowest BCUT2D eigenvalue weighted by Gasteiger charge is -2.41. The third-order valence-corrected chi connectivity index (χ3v) is 32.0. The summed E-state index contributed by atoms with van der Waals surface area (Å²) >= 11 is 0. The number of rotatable bonds is 18. The topological polar surface area (TPSA) is 55.4 Å². The van der Waals surface area contributed by atoms with Crippen LogP contribution < -0.4 is 0 Å². The van der Waals surface area contributed by atoms with Gasteiger partial charge in [0.1, 0.15) is 0 Å². The molecule has 0 aromatic rings. The van der Waals surface area contributed by atoms with Crippen LogP contribution >= 0.6 is 0 Å². The highest BCUT2D eigenvalue weighted by molar-refractivity contribution is 4.86. The van der Waals surface area contributed by atoms with Gasteiger partial charge in [-0.15, -0.1) is 0 Å². The molecule has 117 heavy (non-hydrogen) atoms. The van der Waals surface area contributed by atoms with Gasteiger partial charge in [-0.05, 0) is 288 Å². The van der Waals surface area contributed by atoms with E-state index in [1.54, 1.807) is 0 Å². The molecule has 6 nitrogen and oxygen atoms in total. The summed E-state index contributed by atoms with van der Waals surface area (Å²) in [6.07, 6.45) is 54.5. The number of methoxy groups -OCH3 is 2. The normalized spacial score (nSPS) is 32.9. The molecule has 7 aliphatic carbocycles. The molecule has 21 unspecified atom stereocenters. The second-order valence-corrected chi connectivity index (χ2v) is 45.3. The molecule has 4 saturated heterocycles. The van der Waals surface area contributed by atoms with Gasteiger partial charge in [0.25, 0.3) is 0 Å². The van der Waals surface area contributed by atoms with Gasteiger partial charge in [0.2, 0.25) is 0 Å². The van der Waals surface area contributed by atoms with Crippen molar-refractivity contribution in [2.75, 3.05) is 53.9 Å². The minimum atomic E-state index is 0. The van der Waals surface area contributed by atoms with Crippen molar-refractivity contribution >= 4 is 0 Å². The summed E-state index contributed by atoms with van der Waals surface area (Å²) in [7, 11) is 3.72. The molecule has 0 radical (unpaired) electrons. The molecule has 0 spiro atoms. The molecule has 6 heteroatoms. The Morgan fingerprint density at radius 3 is 0.983 bits per heavy atom. The standard InChI is InChI=1S/C12H24.C11H22O.2C11H22.2C10H20O.C10H20.2C9H18O.C9H18.C8H16O.CH4/c1-4-11-7-5-6-8-12(11)9-10(2)3;1-9(2)8-10-6-4-5-7-11(10)12-3;1-9(2)10-7-5-6-8-11(10,3)4;1-4-10-7-5-6-8-11(10)9(2)3;1-8(2)9-6-4-5-7-10(9)11-3;1-4-9-7-11-6-5-10(9)8(2)3;1-8(2)10-7-5-4-6-9(10)3;1-7(2)9-4-5-10-6-8(9)3;1-7(2)9-5-4-6-10-8(9)3;1-7(2)9-6-4-5-8(9)3;1-6(2)8-4-5-9-7(8)3;/h10-12H,4-9H2,1-3H3;9-11H,4-8H2,1-3H3;9-10H,5-8H2,1-4H3;9-11H,4-8H2,1-3H3;2*8-10H,4-7H2,1-3H3;8-10H,4-7H2,1-3H3;2*7-9H,4-6H2,1-3H3;7-9H,4-6H2,1-3H3;6-8H,4-5H2,1-3H3;1H4. The van der Waals surface area contributed by atoms with Crippen LogP contribution in [0.4, 0.5) is 0 Å². The summed E-state index contributed by atoms with van der Waals surface area (Å²) in [5.41, 5.74) is 0.617. The van der Waals surface area contributed by atoms with Gasteiger partial charge < -0.3 is 28.4 Å². The molecular formula is C111H224O6. The molecule has 4 heterocycles. The van der Waals surface area contributed by atoms with E-state index in [0.29, 0.717) is 29.8 Å². The fourth-order valence-electron chi connectivity index (χ4n) is 24.6. The van der Waals surface area contributed by atoms with Gasteiger partial charge in [0, 0.05) is 53.9 Å². The van der Waals surface area contributed by atoms with Crippen molar-refractivity contribution in [1.29, 1.82) is 0 Å². The predicted molar refractivity (Wildman–Crippen MR) is 522 cm³/mol. The molecule has 0 bridgehead atoms. The maximum atomic E-state index is 5.55. The lowest BCUT2D eigenvalue weighted by atomic mass is 9.65. The van der Waals surface area contributed by atoms with Crippen molar-refractivity contribution in [3.05, 3.63) is 0 Å². The summed E-state index contributed by atoms with van der Waals surface area (Å²) in [6.45, 7) is 80.6. The van der Waals surface area contributed by atoms with E-state index in [-0.39, 0.29) is 7.43 Å². The van der Waals surface area contributed by atoms with Crippen LogP contribution in [-0.2, 0) is 28.4 Å². The number of hydrogen-bond acceptors (Lipinski definition) is 6. The second kappa shape index (κ2) is 67.1. The van der Waals surface area contributed by atoms with E-state index in [1.165, 1.54) is 238 Å². The first-order valence-corrected chi connectivity index (χ1v) is 52.3. The van der Waals surface area contributed by atoms with E-state index in [1.807, 2.05) is 14.2 Å². The largest absolute Gasteiger partial charge is 0.381 e. The maximum absolute atomic E-state index is 5.55. The van der Waals surface area contributed by atoms with Crippen LogP contribution in [0.25, 0.3) is 0 Å². The average molecular weight is 1660 g/mol. The Kier molecular flexibility index (Phi) is 66.9. The quantitative estimate of drug-likeness (QED) is 0.136. The predicted octanol–water partition coefficient (Wildman–Crippen LogP) is 34.8. The van der Waals surface area contributed by atoms with Crippen molar-refractivity contribution in [2.24, 2.45) is 171 Å². The van der Waals surface area contributed by atoms with Crippen molar-refractivity contribution in [2.45, 2.75) is 491 Å². The van der Waals surface area contributed by atoms with Gasteiger partial charge in [-0.3, -0.25) is 0 Å². The Labute approximate surface area is 740 Å². The molecule has 11 rings (SSSR count). The van der Waals surface area contributed by atoms with Crippen LogP contribution in [0, 0.1) is 171 Å². The Hall–Kier alpha value is -0.240. The summed E-state index contributed by atoms with van der Waals surface area (Å²) < 4.78 is 32.8. The van der Waals surface area contributed by atoms with Gasteiger partial charge in [-0.2, -0.15) is 0 Å². The summed E-state index contributed by atoms with van der Waals surface area (Å²) in [4.78, 5) is 0. The fourth-order valence-corrected chi connectivity index (χ4v) is 24.6. The summed E-state index contributed by atoms with van der Waals surface area (Å²) in [5.74, 6) is 25.3. The third kappa shape index (κ3) is 48.5. The zero-order chi connectivity index (χ0) is 87.6. The highest BCUT2D eigenvalue weighted by atomic mass is 16.5. The molecule has 0 N–H and O–H groups in total. The number of hydrogen-bond donors (Lipinski definition) is 0. The Bertz CT molecular complexity index is 2010. The molecule has 704 valence electrons. The van der Waals surface area contributed by atoms with Gasteiger partial charge in [0.05, 0.1) is 24.4 Å². The Morgan fingerprint density at radius 1 is 0.282 bits per heavy atom. The Morgan fingerprint density at radius 2 is 0.624 bits per heavy atom. The molecule has 0 aromatic carbocycles. The van der Waals surface area contributed by atoms with Crippen LogP contribution in [0.5, 0.6) is 0 Å². The minimum absolute atomic E-state index is 0. The maximum Gasteiger partial charge on any atom is 0.0601 e. The van der Waals surface area contributed by atoms with Crippen LogP contribution in [0.1, 0.15) is 467 Å². The fraction of sp³-hybridized carbons (Fsp3) is 1.00. The first kappa shape index (κ1) is 117. The average Bonchev–Trinajstić information content (AvgIpc) is 1.42. The molecule has 0 aromatic heterocycles. The molecule has 21 atom stereocenters. The molecular weight excluding hydrogens is 1430 g/mol. The van der Waals surface area contributed by atoms with E-state index in [2.05, 4.69) is 222 Å². The molecule has 7 saturated carbocycles. The van der Waals surface area contributed by atoms with Crippen LogP contribution in [0.15, 0.2) is 0 Å². The van der Waals surface area contributed by atoms with E-state index in [0.717, 1.165) is 205 Å². The first-order valence-electron chi connectivity index (χ1n) is 52.3. The molecule has 4 aliphatic heterocycles. The van der Waals surface area contributed by atoms with Crippen molar-refractivity contribution in [1.82, 2.24) is 0 Å². The monoisotopic (exact) mass is 1650 g/mol. The Balaban J connectivity index is 0.00000127. The molecule has 11 fully saturated rings. The minimum Gasteiger partial charge on any atom is -0.381 e. The molecule has 0 amide bonds. The van der Waals surface area contributed by atoms with Gasteiger partial charge in [-0.25, -0.2) is 0 Å². The smallest absolute Gasteiger partial charge is 0.0601 e.